The lowest BCUT2D eigenvalue weighted by Gasteiger charge is -2.10. The van der Waals surface area contributed by atoms with Gasteiger partial charge in [-0.3, -0.25) is 0 Å². The third-order valence-corrected chi connectivity index (χ3v) is 5.21. The number of halogens is 1. The van der Waals surface area contributed by atoms with Gasteiger partial charge in [0.15, 0.2) is 11.5 Å². The molecule has 9 heteroatoms. The molecule has 7 nitrogen and oxygen atoms in total. The lowest BCUT2D eigenvalue weighted by atomic mass is 10.1. The van der Waals surface area contributed by atoms with E-state index in [2.05, 4.69) is 4.99 Å². The first kappa shape index (κ1) is 22.2. The van der Waals surface area contributed by atoms with Crippen molar-refractivity contribution in [2.45, 2.75) is 6.92 Å². The van der Waals surface area contributed by atoms with Crippen molar-refractivity contribution >= 4 is 34.5 Å². The van der Waals surface area contributed by atoms with Gasteiger partial charge in [-0.05, 0) is 48.9 Å². The zero-order valence-corrected chi connectivity index (χ0v) is 17.8. The highest BCUT2D eigenvalue weighted by atomic mass is 32.2. The molecule has 0 saturated carbocycles. The molecule has 1 heterocycles. The van der Waals surface area contributed by atoms with Crippen LogP contribution in [0.1, 0.15) is 12.5 Å². The Bertz CT molecular complexity index is 1110. The summed E-state index contributed by atoms with van der Waals surface area (Å²) in [6.45, 7) is 1.75. The zero-order valence-electron chi connectivity index (χ0n) is 17.0. The van der Waals surface area contributed by atoms with Crippen molar-refractivity contribution < 1.29 is 33.6 Å². The minimum Gasteiger partial charge on any atom is -0.506 e. The number of carbonyl (C=O) groups excluding carboxylic acids is 1. The molecule has 0 atom stereocenters. The van der Waals surface area contributed by atoms with Crippen LogP contribution in [0.4, 0.5) is 10.1 Å². The third-order valence-electron chi connectivity index (χ3n) is 4.19. The van der Waals surface area contributed by atoms with Gasteiger partial charge in [0.05, 0.1) is 31.4 Å². The van der Waals surface area contributed by atoms with Gasteiger partial charge in [-0.1, -0.05) is 17.8 Å². The summed E-state index contributed by atoms with van der Waals surface area (Å²) < 4.78 is 28.9. The number of thioether (sulfide) groups is 1. The van der Waals surface area contributed by atoms with Crippen LogP contribution in [-0.2, 0) is 9.53 Å². The molecule has 2 aromatic carbocycles. The molecule has 1 aliphatic rings. The molecule has 31 heavy (non-hydrogen) atoms. The topological polar surface area (TPSA) is 97.6 Å². The predicted molar refractivity (Wildman–Crippen MR) is 117 cm³/mol. The van der Waals surface area contributed by atoms with E-state index in [9.17, 15) is 19.4 Å². The number of aliphatic hydroxyl groups excluding tert-OH is 1. The Morgan fingerprint density at radius 3 is 2.61 bits per heavy atom. The van der Waals surface area contributed by atoms with Gasteiger partial charge in [0.2, 0.25) is 5.75 Å². The summed E-state index contributed by atoms with van der Waals surface area (Å²) in [4.78, 5) is 17.1. The molecule has 2 N–H and O–H groups in total. The smallest absolute Gasteiger partial charge is 0.344 e. The van der Waals surface area contributed by atoms with Gasteiger partial charge >= 0.3 is 5.97 Å². The maximum absolute atomic E-state index is 13.5. The lowest BCUT2D eigenvalue weighted by molar-refractivity contribution is -0.138. The van der Waals surface area contributed by atoms with Crippen molar-refractivity contribution in [3.8, 4) is 17.2 Å². The van der Waals surface area contributed by atoms with E-state index in [0.29, 0.717) is 16.2 Å². The first-order valence-electron chi connectivity index (χ1n) is 9.17. The highest BCUT2D eigenvalue weighted by Crippen LogP contribution is 2.42. The molecular formula is C22H20FNO6S. The van der Waals surface area contributed by atoms with E-state index in [1.165, 1.54) is 38.5 Å². The van der Waals surface area contributed by atoms with Crippen LogP contribution in [-0.4, -0.2) is 42.1 Å². The van der Waals surface area contributed by atoms with Crippen LogP contribution in [0.2, 0.25) is 0 Å². The van der Waals surface area contributed by atoms with E-state index < -0.39 is 11.8 Å². The van der Waals surface area contributed by atoms with E-state index >= 15 is 0 Å². The first-order chi connectivity index (χ1) is 14.9. The molecule has 0 amide bonds. The maximum Gasteiger partial charge on any atom is 0.344 e. The standard InChI is InChI=1S/C22H20FNO6S/c1-4-30-22(27)18-19(26)17(31-21(18)24-14-7-5-6-13(23)11-14)10-12-8-15(25)20(29-3)16(9-12)28-2/h5-11,25-26H,4H2,1-3H3/b17-10+,24-21?. The first-order valence-corrected chi connectivity index (χ1v) is 9.99. The van der Waals surface area contributed by atoms with Gasteiger partial charge in [0, 0.05) is 0 Å². The summed E-state index contributed by atoms with van der Waals surface area (Å²) in [7, 11) is 2.83. The number of hydrogen-bond acceptors (Lipinski definition) is 8. The molecule has 0 radical (unpaired) electrons. The SMILES string of the molecule is CCOC(=O)C1=C(O)/C(=C\c2cc(O)c(OC)c(OC)c2)SC1=Nc1cccc(F)c1. The van der Waals surface area contributed by atoms with Crippen LogP contribution in [0, 0.1) is 5.82 Å². The average molecular weight is 445 g/mol. The number of ether oxygens (including phenoxy) is 3. The molecule has 0 aromatic heterocycles. The van der Waals surface area contributed by atoms with E-state index in [0.717, 1.165) is 11.8 Å². The summed E-state index contributed by atoms with van der Waals surface area (Å²) in [5, 5.41) is 21.1. The van der Waals surface area contributed by atoms with Crippen LogP contribution in [0.3, 0.4) is 0 Å². The highest BCUT2D eigenvalue weighted by molar-refractivity contribution is 8.18. The second-order valence-electron chi connectivity index (χ2n) is 6.23. The Labute approximate surface area is 182 Å². The Kier molecular flexibility index (Phi) is 6.86. The number of phenolic OH excluding ortho intramolecular Hbond substituents is 1. The van der Waals surface area contributed by atoms with E-state index in [1.54, 1.807) is 25.1 Å². The Hall–Kier alpha value is -3.46. The highest BCUT2D eigenvalue weighted by Gasteiger charge is 2.33. The Morgan fingerprint density at radius 2 is 1.97 bits per heavy atom. The Morgan fingerprint density at radius 1 is 1.19 bits per heavy atom. The number of hydrogen-bond donors (Lipinski definition) is 2. The summed E-state index contributed by atoms with van der Waals surface area (Å²) >= 11 is 1.02. The molecule has 1 aliphatic heterocycles. The summed E-state index contributed by atoms with van der Waals surface area (Å²) in [5.74, 6) is -1.25. The number of carbonyl (C=O) groups is 1. The van der Waals surface area contributed by atoms with E-state index in [1.807, 2.05) is 0 Å². The van der Waals surface area contributed by atoms with Crippen molar-refractivity contribution in [1.29, 1.82) is 0 Å². The van der Waals surface area contributed by atoms with E-state index in [-0.39, 0.29) is 40.2 Å². The summed E-state index contributed by atoms with van der Waals surface area (Å²) in [6, 6.07) is 8.58. The van der Waals surface area contributed by atoms with Gasteiger partial charge in [0.1, 0.15) is 22.2 Å². The number of aromatic hydroxyl groups is 1. The molecule has 0 bridgehead atoms. The van der Waals surface area contributed by atoms with Crippen molar-refractivity contribution in [3.05, 3.63) is 64.0 Å². The van der Waals surface area contributed by atoms with Crippen molar-refractivity contribution in [1.82, 2.24) is 0 Å². The second-order valence-corrected chi connectivity index (χ2v) is 7.26. The average Bonchev–Trinajstić information content (AvgIpc) is 3.02. The Balaban J connectivity index is 2.08. The predicted octanol–water partition coefficient (Wildman–Crippen LogP) is 4.74. The van der Waals surface area contributed by atoms with Crippen LogP contribution < -0.4 is 9.47 Å². The molecular weight excluding hydrogens is 425 g/mol. The molecule has 0 fully saturated rings. The largest absolute Gasteiger partial charge is 0.506 e. The van der Waals surface area contributed by atoms with Crippen LogP contribution in [0.25, 0.3) is 6.08 Å². The van der Waals surface area contributed by atoms with Gasteiger partial charge in [-0.25, -0.2) is 14.2 Å². The summed E-state index contributed by atoms with van der Waals surface area (Å²) in [5.41, 5.74) is 0.647. The van der Waals surface area contributed by atoms with Crippen LogP contribution in [0.15, 0.2) is 57.6 Å². The van der Waals surface area contributed by atoms with Crippen molar-refractivity contribution in [2.75, 3.05) is 20.8 Å². The zero-order chi connectivity index (χ0) is 22.5. The molecule has 162 valence electrons. The monoisotopic (exact) mass is 445 g/mol. The van der Waals surface area contributed by atoms with Gasteiger partial charge in [-0.2, -0.15) is 0 Å². The third kappa shape index (κ3) is 4.83. The van der Waals surface area contributed by atoms with Gasteiger partial charge < -0.3 is 24.4 Å². The fourth-order valence-electron chi connectivity index (χ4n) is 2.85. The minimum atomic E-state index is -0.749. The normalized spacial score (nSPS) is 16.1. The number of benzene rings is 2. The molecule has 0 spiro atoms. The lowest BCUT2D eigenvalue weighted by Crippen LogP contribution is -2.12. The van der Waals surface area contributed by atoms with Gasteiger partial charge in [-0.15, -0.1) is 0 Å². The molecule has 0 unspecified atom stereocenters. The summed E-state index contributed by atoms with van der Waals surface area (Å²) in [6.07, 6.45) is 1.55. The molecule has 0 aliphatic carbocycles. The second kappa shape index (κ2) is 9.57. The molecule has 3 rings (SSSR count). The maximum atomic E-state index is 13.5. The number of aliphatic imine (C=N–C) groups is 1. The number of phenols is 1. The number of nitrogens with zero attached hydrogens (tertiary/aromatic N) is 1. The molecule has 2 aromatic rings. The fraction of sp³-hybridized carbons (Fsp3) is 0.182. The van der Waals surface area contributed by atoms with Crippen molar-refractivity contribution in [2.24, 2.45) is 4.99 Å². The van der Waals surface area contributed by atoms with Crippen LogP contribution >= 0.6 is 11.8 Å². The fourth-order valence-corrected chi connectivity index (χ4v) is 3.89. The molecule has 0 saturated heterocycles. The number of methoxy groups -OCH3 is 2. The minimum absolute atomic E-state index is 0.107. The van der Waals surface area contributed by atoms with Crippen LogP contribution in [0.5, 0.6) is 17.2 Å². The number of esters is 1. The number of rotatable bonds is 6. The number of aliphatic hydroxyl groups is 1. The quantitative estimate of drug-likeness (QED) is 0.620. The van der Waals surface area contributed by atoms with Gasteiger partial charge in [0.25, 0.3) is 0 Å². The van der Waals surface area contributed by atoms with Crippen molar-refractivity contribution in [3.63, 3.8) is 0 Å². The van der Waals surface area contributed by atoms with E-state index in [4.69, 9.17) is 14.2 Å².